The molecule has 0 bridgehead atoms. The summed E-state index contributed by atoms with van der Waals surface area (Å²) in [5, 5.41) is 9.68. The van der Waals surface area contributed by atoms with Gasteiger partial charge in [-0.2, -0.15) is 5.06 Å². The molecule has 0 rings (SSSR count). The molecule has 2 nitrogen and oxygen atoms in total. The zero-order valence-electron chi connectivity index (χ0n) is 4.75. The van der Waals surface area contributed by atoms with Crippen LogP contribution in [0.5, 0.6) is 0 Å². The monoisotopic (exact) mass is 112 g/mol. The van der Waals surface area contributed by atoms with Gasteiger partial charge in [-0.3, -0.25) is 0 Å². The van der Waals surface area contributed by atoms with E-state index in [-0.39, 0.29) is 0 Å². The summed E-state index contributed by atoms with van der Waals surface area (Å²) in [4.78, 5) is 0. The number of hydrogen-bond acceptors (Lipinski definition) is 2. The van der Waals surface area contributed by atoms with Crippen molar-refractivity contribution < 1.29 is 5.21 Å². The molecule has 0 fully saturated rings. The Morgan fingerprint density at radius 3 is 2.50 bits per heavy atom. The first kappa shape index (κ1) is 7.40. The van der Waals surface area contributed by atoms with E-state index < -0.39 is 0 Å². The summed E-state index contributed by atoms with van der Waals surface area (Å²) in [7, 11) is 0. The smallest absolute Gasteiger partial charge is 0.0745 e. The van der Waals surface area contributed by atoms with Crippen molar-refractivity contribution in [3.05, 3.63) is 31.9 Å². The van der Waals surface area contributed by atoms with Crippen LogP contribution in [0.1, 0.15) is 0 Å². The molecule has 1 radical (unpaired) electrons. The molecule has 0 saturated carbocycles. The second-order valence-corrected chi connectivity index (χ2v) is 1.30. The second kappa shape index (κ2) is 4.56. The molecule has 0 aliphatic rings. The zero-order chi connectivity index (χ0) is 6.41. The number of hydrogen-bond donors (Lipinski definition) is 1. The van der Waals surface area contributed by atoms with E-state index in [9.17, 15) is 0 Å². The maximum absolute atomic E-state index is 8.68. The summed E-state index contributed by atoms with van der Waals surface area (Å²) in [6.45, 7) is 8.71. The Hall–Kier alpha value is -0.600. The first-order valence-corrected chi connectivity index (χ1v) is 2.33. The number of rotatable bonds is 4. The van der Waals surface area contributed by atoms with Gasteiger partial charge in [0.25, 0.3) is 0 Å². The quantitative estimate of drug-likeness (QED) is 0.436. The molecule has 2 heteroatoms. The lowest BCUT2D eigenvalue weighted by molar-refractivity contribution is -0.0443. The third kappa shape index (κ3) is 3.59. The van der Waals surface area contributed by atoms with E-state index in [1.54, 1.807) is 6.08 Å². The number of nitrogens with zero attached hydrogens (tertiary/aromatic N) is 1. The Morgan fingerprint density at radius 1 is 1.50 bits per heavy atom. The molecule has 0 aromatic rings. The fourth-order valence-corrected chi connectivity index (χ4v) is 0.315. The molecule has 0 spiro atoms. The predicted molar refractivity (Wildman–Crippen MR) is 33.2 cm³/mol. The van der Waals surface area contributed by atoms with Crippen molar-refractivity contribution in [1.82, 2.24) is 5.06 Å². The highest BCUT2D eigenvalue weighted by Gasteiger charge is 1.89. The Morgan fingerprint density at radius 2 is 2.12 bits per heavy atom. The summed E-state index contributed by atoms with van der Waals surface area (Å²) in [5.41, 5.74) is 0. The van der Waals surface area contributed by atoms with Gasteiger partial charge in [0.2, 0.25) is 0 Å². The van der Waals surface area contributed by atoms with Gasteiger partial charge in [0.1, 0.15) is 0 Å². The first-order valence-electron chi connectivity index (χ1n) is 2.33. The maximum atomic E-state index is 8.68. The Bertz CT molecular complexity index is 70.6. The zero-order valence-corrected chi connectivity index (χ0v) is 4.75. The van der Waals surface area contributed by atoms with Gasteiger partial charge in [0, 0.05) is 6.54 Å². The predicted octanol–water partition coefficient (Wildman–Crippen LogP) is 1.21. The van der Waals surface area contributed by atoms with Gasteiger partial charge in [-0.15, -0.1) is 13.2 Å². The largest absolute Gasteiger partial charge is 0.313 e. The molecule has 0 aromatic carbocycles. The van der Waals surface area contributed by atoms with Crippen LogP contribution in [0.2, 0.25) is 0 Å². The van der Waals surface area contributed by atoms with Crippen molar-refractivity contribution in [2.45, 2.75) is 0 Å². The van der Waals surface area contributed by atoms with E-state index in [1.807, 2.05) is 0 Å². The van der Waals surface area contributed by atoms with Gasteiger partial charge < -0.3 is 5.21 Å². The minimum absolute atomic E-state index is 0.437. The minimum atomic E-state index is 0.437. The minimum Gasteiger partial charge on any atom is -0.313 e. The van der Waals surface area contributed by atoms with Crippen LogP contribution in [0, 0.1) is 6.54 Å². The SMILES string of the molecule is C=C[CH]N(O)CC=C. The van der Waals surface area contributed by atoms with Crippen LogP contribution in [-0.4, -0.2) is 16.8 Å². The van der Waals surface area contributed by atoms with Gasteiger partial charge in [-0.1, -0.05) is 12.2 Å². The Labute approximate surface area is 49.7 Å². The molecule has 0 heterocycles. The fourth-order valence-electron chi connectivity index (χ4n) is 0.315. The molecule has 0 saturated heterocycles. The van der Waals surface area contributed by atoms with E-state index in [0.717, 1.165) is 5.06 Å². The molecule has 0 unspecified atom stereocenters. The molecule has 0 aliphatic heterocycles. The third-order valence-corrected chi connectivity index (χ3v) is 0.594. The molecular formula is C6H10NO. The highest BCUT2D eigenvalue weighted by molar-refractivity contribution is 4.85. The highest BCUT2D eigenvalue weighted by Crippen LogP contribution is 1.85. The average molecular weight is 112 g/mol. The van der Waals surface area contributed by atoms with Crippen molar-refractivity contribution in [2.75, 3.05) is 6.54 Å². The van der Waals surface area contributed by atoms with Gasteiger partial charge in [-0.05, 0) is 0 Å². The summed E-state index contributed by atoms with van der Waals surface area (Å²) in [6, 6.07) is 0. The molecular weight excluding hydrogens is 102 g/mol. The van der Waals surface area contributed by atoms with Crippen LogP contribution >= 0.6 is 0 Å². The lowest BCUT2D eigenvalue weighted by Crippen LogP contribution is -2.13. The molecule has 8 heavy (non-hydrogen) atoms. The standard InChI is InChI=1S/C6H10NO/c1-3-5-7(8)6-4-2/h3-5,8H,1-2,6H2. The van der Waals surface area contributed by atoms with Crippen molar-refractivity contribution in [2.24, 2.45) is 0 Å². The third-order valence-electron chi connectivity index (χ3n) is 0.594. The lowest BCUT2D eigenvalue weighted by Gasteiger charge is -2.06. The van der Waals surface area contributed by atoms with E-state index in [2.05, 4.69) is 13.2 Å². The van der Waals surface area contributed by atoms with Gasteiger partial charge >= 0.3 is 0 Å². The molecule has 0 aromatic heterocycles. The van der Waals surface area contributed by atoms with Crippen molar-refractivity contribution >= 4 is 0 Å². The Kier molecular flexibility index (Phi) is 4.21. The van der Waals surface area contributed by atoms with Crippen LogP contribution in [0.4, 0.5) is 0 Å². The molecule has 45 valence electrons. The number of hydroxylamine groups is 2. The summed E-state index contributed by atoms with van der Waals surface area (Å²) in [6.07, 6.45) is 3.10. The lowest BCUT2D eigenvalue weighted by atomic mass is 10.5. The topological polar surface area (TPSA) is 23.5 Å². The molecule has 0 atom stereocenters. The summed E-state index contributed by atoms with van der Waals surface area (Å²) >= 11 is 0. The van der Waals surface area contributed by atoms with Gasteiger partial charge in [0.05, 0.1) is 6.54 Å². The van der Waals surface area contributed by atoms with E-state index in [4.69, 9.17) is 5.21 Å². The van der Waals surface area contributed by atoms with Crippen LogP contribution in [-0.2, 0) is 0 Å². The Balaban J connectivity index is 3.16. The normalized spacial score (nSPS) is 9.25. The van der Waals surface area contributed by atoms with Crippen molar-refractivity contribution in [3.63, 3.8) is 0 Å². The average Bonchev–Trinajstić information content (AvgIpc) is 1.68. The molecule has 0 amide bonds. The van der Waals surface area contributed by atoms with Crippen LogP contribution < -0.4 is 0 Å². The van der Waals surface area contributed by atoms with E-state index in [1.165, 1.54) is 12.6 Å². The van der Waals surface area contributed by atoms with E-state index >= 15 is 0 Å². The fraction of sp³-hybridized carbons (Fsp3) is 0.167. The molecule has 0 aliphatic carbocycles. The summed E-state index contributed by atoms with van der Waals surface area (Å²) in [5.74, 6) is 0. The van der Waals surface area contributed by atoms with Crippen LogP contribution in [0.25, 0.3) is 0 Å². The molecule has 1 N–H and O–H groups in total. The van der Waals surface area contributed by atoms with Gasteiger partial charge in [-0.25, -0.2) is 0 Å². The highest BCUT2D eigenvalue weighted by atomic mass is 16.5. The van der Waals surface area contributed by atoms with Crippen molar-refractivity contribution in [1.29, 1.82) is 0 Å². The van der Waals surface area contributed by atoms with Crippen LogP contribution in [0.15, 0.2) is 25.3 Å². The second-order valence-electron chi connectivity index (χ2n) is 1.30. The van der Waals surface area contributed by atoms with Gasteiger partial charge in [0.15, 0.2) is 0 Å². The van der Waals surface area contributed by atoms with E-state index in [0.29, 0.717) is 6.54 Å². The maximum Gasteiger partial charge on any atom is 0.0745 e. The van der Waals surface area contributed by atoms with Crippen molar-refractivity contribution in [3.8, 4) is 0 Å². The van der Waals surface area contributed by atoms with Crippen LogP contribution in [0.3, 0.4) is 0 Å². The first-order chi connectivity index (χ1) is 3.81. The summed E-state index contributed by atoms with van der Waals surface area (Å²) < 4.78 is 0.